The fraction of sp³-hybridized carbons (Fsp3) is 0. The Kier molecular flexibility index (Phi) is 3.25. The Morgan fingerprint density at radius 1 is 0.556 bits per heavy atom. The summed E-state index contributed by atoms with van der Waals surface area (Å²) in [6.45, 7) is 0. The molecule has 0 aromatic carbocycles. The summed E-state index contributed by atoms with van der Waals surface area (Å²) in [5, 5.41) is 0. The van der Waals surface area contributed by atoms with Gasteiger partial charge < -0.3 is 0 Å². The second-order valence-electron chi connectivity index (χ2n) is 1.60. The zero-order valence-electron chi connectivity index (χ0n) is 5.07. The topological polar surface area (TPSA) is 0 Å². The van der Waals surface area contributed by atoms with Gasteiger partial charge in [-0.15, -0.1) is 0 Å². The summed E-state index contributed by atoms with van der Waals surface area (Å²) in [5.41, 5.74) is 0. The minimum atomic E-state index is 0.314. The van der Waals surface area contributed by atoms with Crippen molar-refractivity contribution < 1.29 is 0 Å². The van der Waals surface area contributed by atoms with Gasteiger partial charge in [0.25, 0.3) is 0 Å². The van der Waals surface area contributed by atoms with Gasteiger partial charge in [0.15, 0.2) is 0 Å². The molecule has 0 saturated carbocycles. The van der Waals surface area contributed by atoms with Gasteiger partial charge in [-0.2, -0.15) is 0 Å². The first-order valence-corrected chi connectivity index (χ1v) is 5.02. The van der Waals surface area contributed by atoms with Crippen LogP contribution in [0.2, 0.25) is 0 Å². The van der Waals surface area contributed by atoms with E-state index >= 15 is 0 Å². The van der Waals surface area contributed by atoms with Gasteiger partial charge in [0, 0.05) is 0 Å². The Labute approximate surface area is 62.3 Å². The van der Waals surface area contributed by atoms with Crippen LogP contribution >= 0.6 is 0 Å². The average molecular weight is 179 g/mol. The van der Waals surface area contributed by atoms with Crippen LogP contribution in [0.25, 0.3) is 0 Å². The van der Waals surface area contributed by atoms with E-state index in [0.29, 0.717) is 15.8 Å². The van der Waals surface area contributed by atoms with Crippen molar-refractivity contribution in [3.05, 3.63) is 46.2 Å². The van der Waals surface area contributed by atoms with Gasteiger partial charge in [0.1, 0.15) is 0 Å². The van der Waals surface area contributed by atoms with Gasteiger partial charge in [-0.3, -0.25) is 0 Å². The molecule has 1 aliphatic heterocycles. The van der Waals surface area contributed by atoms with Crippen molar-refractivity contribution in [1.82, 2.24) is 0 Å². The standard InChI is InChI=1S/C8H8As/c1-2-4-6-8-9-7-5-3-1/h1-8H/b3-1-,4-2-,7-5-,8-6-. The summed E-state index contributed by atoms with van der Waals surface area (Å²) in [7, 11) is 0. The SMILES string of the molecule is C1=C\C=C/[As]/C=C\C=C/1. The molecule has 1 aliphatic rings. The Hall–Kier alpha value is -0.482. The predicted octanol–water partition coefficient (Wildman–Crippen LogP) is 1.84. The van der Waals surface area contributed by atoms with Gasteiger partial charge in [-0.05, 0) is 0 Å². The Morgan fingerprint density at radius 2 is 1.00 bits per heavy atom. The zero-order valence-corrected chi connectivity index (χ0v) is 6.94. The summed E-state index contributed by atoms with van der Waals surface area (Å²) in [6.07, 6.45) is 12.4. The molecule has 0 aromatic rings. The van der Waals surface area contributed by atoms with Crippen LogP contribution < -0.4 is 0 Å². The first-order valence-electron chi connectivity index (χ1n) is 2.85. The van der Waals surface area contributed by atoms with Crippen molar-refractivity contribution in [2.24, 2.45) is 0 Å². The number of allylic oxidation sites excluding steroid dienone is 6. The Balaban J connectivity index is 2.60. The first kappa shape index (κ1) is 6.64. The molecule has 0 spiro atoms. The molecule has 0 unspecified atom stereocenters. The fourth-order valence-electron chi connectivity index (χ4n) is 0.505. The molecule has 1 rings (SSSR count). The van der Waals surface area contributed by atoms with Crippen LogP contribution in [0.5, 0.6) is 0 Å². The third kappa shape index (κ3) is 3.16. The molecule has 0 aliphatic carbocycles. The second kappa shape index (κ2) is 4.40. The molecule has 45 valence electrons. The number of rotatable bonds is 0. The van der Waals surface area contributed by atoms with E-state index in [0.717, 1.165) is 0 Å². The average Bonchev–Trinajstić information content (AvgIpc) is 2.00. The van der Waals surface area contributed by atoms with Crippen molar-refractivity contribution in [2.45, 2.75) is 0 Å². The summed E-state index contributed by atoms with van der Waals surface area (Å²) in [4.78, 5) is 4.44. The van der Waals surface area contributed by atoms with Gasteiger partial charge in [-0.1, -0.05) is 0 Å². The molecule has 1 radical (unpaired) electrons. The van der Waals surface area contributed by atoms with E-state index in [1.165, 1.54) is 0 Å². The molecule has 0 fully saturated rings. The minimum absolute atomic E-state index is 0.314. The summed E-state index contributed by atoms with van der Waals surface area (Å²) in [5.74, 6) is 0. The summed E-state index contributed by atoms with van der Waals surface area (Å²) < 4.78 is 0. The third-order valence-electron chi connectivity index (χ3n) is 0.900. The molecule has 0 bridgehead atoms. The molecule has 9 heavy (non-hydrogen) atoms. The zero-order chi connectivity index (χ0) is 6.36. The van der Waals surface area contributed by atoms with Crippen molar-refractivity contribution >= 4 is 15.8 Å². The predicted molar refractivity (Wildman–Crippen MR) is 42.3 cm³/mol. The quantitative estimate of drug-likeness (QED) is 0.498. The van der Waals surface area contributed by atoms with E-state index in [9.17, 15) is 0 Å². The third-order valence-corrected chi connectivity index (χ3v) is 2.34. The maximum atomic E-state index is 2.22. The van der Waals surface area contributed by atoms with Gasteiger partial charge >= 0.3 is 61.9 Å². The van der Waals surface area contributed by atoms with Crippen LogP contribution in [-0.2, 0) is 0 Å². The van der Waals surface area contributed by atoms with E-state index in [1.54, 1.807) is 0 Å². The van der Waals surface area contributed by atoms with E-state index in [2.05, 4.69) is 34.0 Å². The summed E-state index contributed by atoms with van der Waals surface area (Å²) in [6, 6.07) is 0. The molecule has 0 saturated heterocycles. The second-order valence-corrected chi connectivity index (χ2v) is 3.48. The monoisotopic (exact) mass is 179 g/mol. The van der Waals surface area contributed by atoms with Gasteiger partial charge in [-0.25, -0.2) is 0 Å². The number of hydrogen-bond donors (Lipinski definition) is 0. The molecule has 0 atom stereocenters. The molecule has 1 heteroatoms. The van der Waals surface area contributed by atoms with Crippen LogP contribution in [0.15, 0.2) is 46.2 Å². The van der Waals surface area contributed by atoms with Crippen LogP contribution in [0.4, 0.5) is 0 Å². The normalized spacial score (nSPS) is 31.1. The molecule has 1 heterocycles. The molecular weight excluding hydrogens is 171 g/mol. The molecular formula is C8H8As. The molecule has 0 amide bonds. The molecule has 0 N–H and O–H groups in total. The summed E-state index contributed by atoms with van der Waals surface area (Å²) >= 11 is 0.314. The van der Waals surface area contributed by atoms with E-state index in [1.807, 2.05) is 12.2 Å². The van der Waals surface area contributed by atoms with Crippen molar-refractivity contribution in [3.63, 3.8) is 0 Å². The molecule has 0 nitrogen and oxygen atoms in total. The van der Waals surface area contributed by atoms with E-state index in [-0.39, 0.29) is 0 Å². The maximum absolute atomic E-state index is 2.22. The van der Waals surface area contributed by atoms with Crippen LogP contribution in [0.1, 0.15) is 0 Å². The van der Waals surface area contributed by atoms with Crippen molar-refractivity contribution in [3.8, 4) is 0 Å². The Morgan fingerprint density at radius 3 is 1.56 bits per heavy atom. The van der Waals surface area contributed by atoms with E-state index < -0.39 is 0 Å². The van der Waals surface area contributed by atoms with Crippen LogP contribution in [-0.4, -0.2) is 15.8 Å². The van der Waals surface area contributed by atoms with Crippen molar-refractivity contribution in [1.29, 1.82) is 0 Å². The molecule has 0 aromatic heterocycles. The fourth-order valence-corrected chi connectivity index (χ4v) is 1.55. The van der Waals surface area contributed by atoms with Gasteiger partial charge in [0.2, 0.25) is 0 Å². The van der Waals surface area contributed by atoms with E-state index in [4.69, 9.17) is 0 Å². The Bertz CT molecular complexity index is 153. The van der Waals surface area contributed by atoms with Crippen molar-refractivity contribution in [2.75, 3.05) is 0 Å². The van der Waals surface area contributed by atoms with Crippen LogP contribution in [0.3, 0.4) is 0 Å². The number of hydrogen-bond acceptors (Lipinski definition) is 0. The van der Waals surface area contributed by atoms with Gasteiger partial charge in [0.05, 0.1) is 0 Å². The van der Waals surface area contributed by atoms with Crippen LogP contribution in [0, 0.1) is 0 Å². The first-order chi connectivity index (χ1) is 4.50.